The summed E-state index contributed by atoms with van der Waals surface area (Å²) in [6, 6.07) is 4.12. The van der Waals surface area contributed by atoms with Crippen LogP contribution < -0.4 is 5.32 Å². The number of hydrogen-bond acceptors (Lipinski definition) is 2. The average Bonchev–Trinajstić information content (AvgIpc) is 2.42. The molecule has 1 aromatic heterocycles. The summed E-state index contributed by atoms with van der Waals surface area (Å²) in [6.45, 7) is 2.54. The zero-order valence-corrected chi connectivity index (χ0v) is 11.0. The number of pyridine rings is 1. The van der Waals surface area contributed by atoms with Crippen LogP contribution in [0, 0.1) is 17.5 Å². The molecule has 1 N–H and O–H groups in total. The predicted molar refractivity (Wildman–Crippen MR) is 70.7 cm³/mol. The zero-order chi connectivity index (χ0) is 14.5. The highest BCUT2D eigenvalue weighted by atomic mass is 19.1. The van der Waals surface area contributed by atoms with Gasteiger partial charge in [-0.2, -0.15) is 0 Å². The fraction of sp³-hybridized carbons (Fsp3) is 0.267. The number of aromatic nitrogens is 1. The van der Waals surface area contributed by atoms with E-state index >= 15 is 0 Å². The Bertz CT molecular complexity index is 587. The van der Waals surface area contributed by atoms with E-state index in [1.807, 2.05) is 6.92 Å². The van der Waals surface area contributed by atoms with Crippen molar-refractivity contribution in [3.05, 3.63) is 65.2 Å². The van der Waals surface area contributed by atoms with E-state index in [1.165, 1.54) is 18.3 Å². The maximum atomic E-state index is 13.9. The molecule has 0 spiro atoms. The van der Waals surface area contributed by atoms with Crippen LogP contribution in [0.15, 0.2) is 36.7 Å². The highest BCUT2D eigenvalue weighted by molar-refractivity contribution is 5.32. The minimum atomic E-state index is -0.699. The van der Waals surface area contributed by atoms with E-state index in [9.17, 15) is 13.2 Å². The second-order valence-electron chi connectivity index (χ2n) is 4.45. The van der Waals surface area contributed by atoms with Crippen LogP contribution >= 0.6 is 0 Å². The van der Waals surface area contributed by atoms with Crippen LogP contribution in [0.4, 0.5) is 13.2 Å². The van der Waals surface area contributed by atoms with Crippen molar-refractivity contribution in [3.8, 4) is 0 Å². The molecule has 1 atom stereocenters. The van der Waals surface area contributed by atoms with Gasteiger partial charge in [0.2, 0.25) is 0 Å². The molecule has 2 nitrogen and oxygen atoms in total. The molecule has 0 amide bonds. The Morgan fingerprint density at radius 1 is 1.10 bits per heavy atom. The van der Waals surface area contributed by atoms with Crippen LogP contribution in [0.1, 0.15) is 30.5 Å². The zero-order valence-electron chi connectivity index (χ0n) is 11.0. The monoisotopic (exact) mass is 280 g/mol. The summed E-state index contributed by atoms with van der Waals surface area (Å²) in [7, 11) is 0. The first-order valence-electron chi connectivity index (χ1n) is 6.41. The third kappa shape index (κ3) is 3.17. The Labute approximate surface area is 115 Å². The van der Waals surface area contributed by atoms with Gasteiger partial charge in [-0.15, -0.1) is 0 Å². The van der Waals surface area contributed by atoms with Crippen LogP contribution in [-0.4, -0.2) is 11.5 Å². The van der Waals surface area contributed by atoms with E-state index in [4.69, 9.17) is 0 Å². The standard InChI is InChI=1S/C15H15F3N2/c1-2-6-20-15(12-5-7-19-9-14(12)18)11-4-3-10(16)8-13(11)17/h3-5,7-9,15,20H,2,6H2,1H3. The van der Waals surface area contributed by atoms with Gasteiger partial charge in [0.15, 0.2) is 0 Å². The van der Waals surface area contributed by atoms with Crippen molar-refractivity contribution < 1.29 is 13.2 Å². The van der Waals surface area contributed by atoms with Gasteiger partial charge in [-0.05, 0) is 25.1 Å². The first kappa shape index (κ1) is 14.5. The van der Waals surface area contributed by atoms with Crippen LogP contribution in [0.3, 0.4) is 0 Å². The largest absolute Gasteiger partial charge is 0.306 e. The van der Waals surface area contributed by atoms with Crippen LogP contribution in [0.25, 0.3) is 0 Å². The van der Waals surface area contributed by atoms with Crippen LogP contribution in [0.2, 0.25) is 0 Å². The van der Waals surface area contributed by atoms with Crippen molar-refractivity contribution in [1.82, 2.24) is 10.3 Å². The Morgan fingerprint density at radius 2 is 1.85 bits per heavy atom. The number of rotatable bonds is 5. The number of hydrogen-bond donors (Lipinski definition) is 1. The van der Waals surface area contributed by atoms with Gasteiger partial charge in [0.05, 0.1) is 12.2 Å². The summed E-state index contributed by atoms with van der Waals surface area (Å²) in [4.78, 5) is 3.68. The third-order valence-corrected chi connectivity index (χ3v) is 2.99. The number of nitrogens with zero attached hydrogens (tertiary/aromatic N) is 1. The highest BCUT2D eigenvalue weighted by Gasteiger charge is 2.20. The molecule has 1 aromatic carbocycles. The SMILES string of the molecule is CCCNC(c1ccncc1F)c1ccc(F)cc1F. The van der Waals surface area contributed by atoms with E-state index in [2.05, 4.69) is 10.3 Å². The molecule has 0 aliphatic heterocycles. The topological polar surface area (TPSA) is 24.9 Å². The smallest absolute Gasteiger partial charge is 0.146 e. The summed E-state index contributed by atoms with van der Waals surface area (Å²) in [5.41, 5.74) is 0.504. The summed E-state index contributed by atoms with van der Waals surface area (Å²) >= 11 is 0. The minimum absolute atomic E-state index is 0.213. The molecule has 0 bridgehead atoms. The van der Waals surface area contributed by atoms with Crippen molar-refractivity contribution in [2.24, 2.45) is 0 Å². The minimum Gasteiger partial charge on any atom is -0.306 e. The van der Waals surface area contributed by atoms with E-state index in [0.29, 0.717) is 12.1 Å². The Morgan fingerprint density at radius 3 is 2.50 bits per heavy atom. The van der Waals surface area contributed by atoms with Crippen LogP contribution in [0.5, 0.6) is 0 Å². The lowest BCUT2D eigenvalue weighted by Crippen LogP contribution is -2.25. The predicted octanol–water partition coefficient (Wildman–Crippen LogP) is 3.59. The molecule has 1 unspecified atom stereocenters. The number of halogens is 3. The highest BCUT2D eigenvalue weighted by Crippen LogP contribution is 2.26. The van der Waals surface area contributed by atoms with Crippen molar-refractivity contribution in [2.75, 3.05) is 6.54 Å². The fourth-order valence-electron chi connectivity index (χ4n) is 2.03. The molecule has 0 saturated carbocycles. The number of nitrogens with one attached hydrogen (secondary N) is 1. The van der Waals surface area contributed by atoms with Gasteiger partial charge in [0.1, 0.15) is 17.5 Å². The Hall–Kier alpha value is -1.88. The van der Waals surface area contributed by atoms with Crippen molar-refractivity contribution in [3.63, 3.8) is 0 Å². The maximum absolute atomic E-state index is 13.9. The van der Waals surface area contributed by atoms with E-state index in [1.54, 1.807) is 0 Å². The van der Waals surface area contributed by atoms with E-state index < -0.39 is 23.5 Å². The van der Waals surface area contributed by atoms with Crippen LogP contribution in [-0.2, 0) is 0 Å². The molecule has 1 heterocycles. The summed E-state index contributed by atoms with van der Waals surface area (Å²) in [6.07, 6.45) is 3.34. The van der Waals surface area contributed by atoms with Gasteiger partial charge in [0.25, 0.3) is 0 Å². The maximum Gasteiger partial charge on any atom is 0.146 e. The molecular weight excluding hydrogens is 265 g/mol. The molecule has 0 saturated heterocycles. The van der Waals surface area contributed by atoms with Crippen molar-refractivity contribution in [1.29, 1.82) is 0 Å². The molecule has 0 fully saturated rings. The quantitative estimate of drug-likeness (QED) is 0.905. The first-order valence-corrected chi connectivity index (χ1v) is 6.41. The van der Waals surface area contributed by atoms with Gasteiger partial charge < -0.3 is 5.32 Å². The fourth-order valence-corrected chi connectivity index (χ4v) is 2.03. The first-order chi connectivity index (χ1) is 9.63. The average molecular weight is 280 g/mol. The lowest BCUT2D eigenvalue weighted by molar-refractivity contribution is 0.511. The molecule has 0 radical (unpaired) electrons. The van der Waals surface area contributed by atoms with Gasteiger partial charge in [-0.1, -0.05) is 13.0 Å². The van der Waals surface area contributed by atoms with Crippen molar-refractivity contribution in [2.45, 2.75) is 19.4 Å². The van der Waals surface area contributed by atoms with Gasteiger partial charge in [-0.3, -0.25) is 4.98 Å². The molecule has 106 valence electrons. The van der Waals surface area contributed by atoms with Gasteiger partial charge >= 0.3 is 0 Å². The third-order valence-electron chi connectivity index (χ3n) is 2.99. The number of benzene rings is 1. The molecular formula is C15H15F3N2. The molecule has 0 aliphatic carbocycles. The summed E-state index contributed by atoms with van der Waals surface area (Å²) in [5.74, 6) is -1.88. The summed E-state index contributed by atoms with van der Waals surface area (Å²) < 4.78 is 40.8. The lowest BCUT2D eigenvalue weighted by Gasteiger charge is -2.20. The van der Waals surface area contributed by atoms with Gasteiger partial charge in [-0.25, -0.2) is 13.2 Å². The molecule has 5 heteroatoms. The lowest BCUT2D eigenvalue weighted by atomic mass is 9.98. The molecule has 20 heavy (non-hydrogen) atoms. The Kier molecular flexibility index (Phi) is 4.74. The second-order valence-corrected chi connectivity index (χ2v) is 4.45. The Balaban J connectivity index is 2.44. The van der Waals surface area contributed by atoms with Gasteiger partial charge in [0, 0.05) is 23.4 Å². The molecule has 0 aliphatic rings. The van der Waals surface area contributed by atoms with E-state index in [-0.39, 0.29) is 5.56 Å². The normalized spacial score (nSPS) is 12.4. The summed E-state index contributed by atoms with van der Waals surface area (Å²) in [5, 5.41) is 3.07. The second kappa shape index (κ2) is 6.52. The van der Waals surface area contributed by atoms with E-state index in [0.717, 1.165) is 24.8 Å². The van der Waals surface area contributed by atoms with Crippen molar-refractivity contribution >= 4 is 0 Å². The molecule has 2 rings (SSSR count). The molecule has 2 aromatic rings.